The first kappa shape index (κ1) is 12.5. The molecular formula is C16H15NO3. The third-order valence-electron chi connectivity index (χ3n) is 3.03. The van der Waals surface area contributed by atoms with Gasteiger partial charge in [-0.15, -0.1) is 0 Å². The van der Waals surface area contributed by atoms with Crippen LogP contribution in [0, 0.1) is 0 Å². The summed E-state index contributed by atoms with van der Waals surface area (Å²) < 4.78 is 11.2. The van der Waals surface area contributed by atoms with E-state index in [0.29, 0.717) is 23.6 Å². The number of carbonyl (C=O) groups excluding carboxylic acids is 1. The molecule has 0 saturated heterocycles. The fourth-order valence-electron chi connectivity index (χ4n) is 2.04. The van der Waals surface area contributed by atoms with Gasteiger partial charge < -0.3 is 14.1 Å². The summed E-state index contributed by atoms with van der Waals surface area (Å²) in [4.78, 5) is 15.1. The first-order valence-corrected chi connectivity index (χ1v) is 6.62. The Morgan fingerprint density at radius 1 is 1.30 bits per heavy atom. The highest BCUT2D eigenvalue weighted by Crippen LogP contribution is 2.25. The summed E-state index contributed by atoms with van der Waals surface area (Å²) in [5.41, 5.74) is 1.18. The van der Waals surface area contributed by atoms with Crippen LogP contribution in [0.5, 0.6) is 5.75 Å². The summed E-state index contributed by atoms with van der Waals surface area (Å²) in [5.74, 6) is 0.935. The molecule has 4 nitrogen and oxygen atoms in total. The number of carbonyl (C=O) groups is 1. The Kier molecular flexibility index (Phi) is 3.29. The number of furan rings is 1. The average molecular weight is 269 g/mol. The van der Waals surface area contributed by atoms with Crippen molar-refractivity contribution in [3.63, 3.8) is 0 Å². The van der Waals surface area contributed by atoms with Crippen molar-refractivity contribution in [3.8, 4) is 5.75 Å². The van der Waals surface area contributed by atoms with Crippen molar-refractivity contribution in [2.75, 3.05) is 6.61 Å². The maximum absolute atomic E-state index is 12.2. The molecule has 0 fully saturated rings. The standard InChI is InChI=1S/C16H15NO3/c1-2-8-19-12-6-5-11-9-15(20-14(11)10-12)16(18)13-4-3-7-17-13/h3-7,9-10,17H,2,8H2,1H3. The third-order valence-corrected chi connectivity index (χ3v) is 3.03. The van der Waals surface area contributed by atoms with Crippen molar-refractivity contribution in [2.24, 2.45) is 0 Å². The molecule has 0 aliphatic carbocycles. The van der Waals surface area contributed by atoms with Crippen molar-refractivity contribution >= 4 is 16.8 Å². The van der Waals surface area contributed by atoms with E-state index in [2.05, 4.69) is 11.9 Å². The zero-order chi connectivity index (χ0) is 13.9. The van der Waals surface area contributed by atoms with Gasteiger partial charge in [0.2, 0.25) is 5.78 Å². The highest BCUT2D eigenvalue weighted by Gasteiger charge is 2.15. The fraction of sp³-hybridized carbons (Fsp3) is 0.188. The van der Waals surface area contributed by atoms with Gasteiger partial charge in [-0.25, -0.2) is 0 Å². The third kappa shape index (κ3) is 2.32. The van der Waals surface area contributed by atoms with Crippen LogP contribution in [0.1, 0.15) is 29.6 Å². The van der Waals surface area contributed by atoms with Gasteiger partial charge >= 0.3 is 0 Å². The van der Waals surface area contributed by atoms with E-state index in [-0.39, 0.29) is 5.78 Å². The lowest BCUT2D eigenvalue weighted by Gasteiger charge is -2.02. The Morgan fingerprint density at radius 3 is 2.95 bits per heavy atom. The molecule has 102 valence electrons. The van der Waals surface area contributed by atoms with Gasteiger partial charge in [0, 0.05) is 17.6 Å². The van der Waals surface area contributed by atoms with E-state index in [1.807, 2.05) is 18.2 Å². The highest BCUT2D eigenvalue weighted by molar-refractivity contribution is 6.07. The zero-order valence-corrected chi connectivity index (χ0v) is 11.2. The van der Waals surface area contributed by atoms with Gasteiger partial charge in [-0.3, -0.25) is 4.79 Å². The Hall–Kier alpha value is -2.49. The smallest absolute Gasteiger partial charge is 0.244 e. The summed E-state index contributed by atoms with van der Waals surface area (Å²) in [7, 11) is 0. The lowest BCUT2D eigenvalue weighted by molar-refractivity contribution is 0.101. The summed E-state index contributed by atoms with van der Waals surface area (Å²) in [6.07, 6.45) is 2.67. The number of hydrogen-bond acceptors (Lipinski definition) is 3. The molecule has 0 unspecified atom stereocenters. The molecule has 2 heterocycles. The Labute approximate surface area is 116 Å². The second kappa shape index (κ2) is 5.25. The van der Waals surface area contributed by atoms with Gasteiger partial charge in [0.25, 0.3) is 0 Å². The molecule has 0 amide bonds. The fourth-order valence-corrected chi connectivity index (χ4v) is 2.04. The monoisotopic (exact) mass is 269 g/mol. The number of fused-ring (bicyclic) bond motifs is 1. The molecular weight excluding hydrogens is 254 g/mol. The molecule has 0 spiro atoms. The van der Waals surface area contributed by atoms with Gasteiger partial charge in [-0.1, -0.05) is 6.92 Å². The first-order valence-electron chi connectivity index (χ1n) is 6.62. The van der Waals surface area contributed by atoms with Gasteiger partial charge in [-0.05, 0) is 36.8 Å². The molecule has 20 heavy (non-hydrogen) atoms. The first-order chi connectivity index (χ1) is 9.78. The number of ketones is 1. The molecule has 0 bridgehead atoms. The van der Waals surface area contributed by atoms with Crippen molar-refractivity contribution in [1.82, 2.24) is 4.98 Å². The second-order valence-electron chi connectivity index (χ2n) is 4.57. The van der Waals surface area contributed by atoms with Crippen molar-refractivity contribution in [1.29, 1.82) is 0 Å². The quantitative estimate of drug-likeness (QED) is 0.717. The van der Waals surface area contributed by atoms with Gasteiger partial charge in [0.1, 0.15) is 11.3 Å². The van der Waals surface area contributed by atoms with E-state index in [4.69, 9.17) is 9.15 Å². The molecule has 1 aromatic carbocycles. The van der Waals surface area contributed by atoms with Gasteiger partial charge in [0.05, 0.1) is 12.3 Å². The van der Waals surface area contributed by atoms with Crippen LogP contribution >= 0.6 is 0 Å². The van der Waals surface area contributed by atoms with Crippen LogP contribution in [-0.2, 0) is 0 Å². The normalized spacial score (nSPS) is 10.8. The maximum Gasteiger partial charge on any atom is 0.244 e. The van der Waals surface area contributed by atoms with Crippen molar-refractivity contribution in [2.45, 2.75) is 13.3 Å². The molecule has 1 N–H and O–H groups in total. The molecule has 3 aromatic rings. The maximum atomic E-state index is 12.2. The van der Waals surface area contributed by atoms with Gasteiger partial charge in [-0.2, -0.15) is 0 Å². The van der Waals surface area contributed by atoms with Crippen molar-refractivity contribution in [3.05, 3.63) is 54.0 Å². The Bertz CT molecular complexity index is 725. The molecule has 0 radical (unpaired) electrons. The molecule has 2 aromatic heterocycles. The van der Waals surface area contributed by atoms with Crippen molar-refractivity contribution < 1.29 is 13.9 Å². The number of aromatic amines is 1. The minimum absolute atomic E-state index is 0.151. The number of benzene rings is 1. The predicted octanol–water partition coefficient (Wildman–Crippen LogP) is 3.78. The molecule has 0 aliphatic rings. The molecule has 3 rings (SSSR count). The van der Waals surface area contributed by atoms with Crippen LogP contribution in [0.3, 0.4) is 0 Å². The largest absolute Gasteiger partial charge is 0.493 e. The van der Waals surface area contributed by atoms with E-state index in [0.717, 1.165) is 17.6 Å². The van der Waals surface area contributed by atoms with Crippen LogP contribution in [-0.4, -0.2) is 17.4 Å². The number of H-pyrrole nitrogens is 1. The van der Waals surface area contributed by atoms with Crippen LogP contribution in [0.2, 0.25) is 0 Å². The number of hydrogen-bond donors (Lipinski definition) is 1. The minimum atomic E-state index is -0.151. The zero-order valence-electron chi connectivity index (χ0n) is 11.2. The summed E-state index contributed by atoms with van der Waals surface area (Å²) in [5, 5.41) is 0.892. The summed E-state index contributed by atoms with van der Waals surface area (Å²) in [6.45, 7) is 2.72. The van der Waals surface area contributed by atoms with E-state index >= 15 is 0 Å². The van der Waals surface area contributed by atoms with Gasteiger partial charge in [0.15, 0.2) is 5.76 Å². The molecule has 0 aliphatic heterocycles. The SMILES string of the molecule is CCCOc1ccc2cc(C(=O)c3ccc[nH]3)oc2c1. The Morgan fingerprint density at radius 2 is 2.20 bits per heavy atom. The van der Waals surface area contributed by atoms with E-state index in [1.54, 1.807) is 24.4 Å². The summed E-state index contributed by atoms with van der Waals surface area (Å²) in [6, 6.07) is 10.9. The average Bonchev–Trinajstić information content (AvgIpc) is 3.12. The molecule has 0 atom stereocenters. The van der Waals surface area contributed by atoms with E-state index in [1.165, 1.54) is 0 Å². The Balaban J connectivity index is 1.92. The number of aromatic nitrogens is 1. The van der Waals surface area contributed by atoms with Crippen LogP contribution in [0.4, 0.5) is 0 Å². The predicted molar refractivity (Wildman–Crippen MR) is 76.2 cm³/mol. The topological polar surface area (TPSA) is 55.2 Å². The minimum Gasteiger partial charge on any atom is -0.493 e. The van der Waals surface area contributed by atoms with E-state index < -0.39 is 0 Å². The van der Waals surface area contributed by atoms with Crippen LogP contribution in [0.15, 0.2) is 47.0 Å². The van der Waals surface area contributed by atoms with E-state index in [9.17, 15) is 4.79 Å². The van der Waals surface area contributed by atoms with Crippen LogP contribution in [0.25, 0.3) is 11.0 Å². The highest BCUT2D eigenvalue weighted by atomic mass is 16.5. The lowest BCUT2D eigenvalue weighted by atomic mass is 10.2. The second-order valence-corrected chi connectivity index (χ2v) is 4.57. The van der Waals surface area contributed by atoms with Crippen LogP contribution < -0.4 is 4.74 Å². The number of ether oxygens (including phenoxy) is 1. The lowest BCUT2D eigenvalue weighted by Crippen LogP contribution is -1.98. The molecule has 0 saturated carbocycles. The molecule has 4 heteroatoms. The summed E-state index contributed by atoms with van der Waals surface area (Å²) >= 11 is 0. The number of nitrogens with one attached hydrogen (secondary N) is 1. The number of rotatable bonds is 5.